The summed E-state index contributed by atoms with van der Waals surface area (Å²) in [4.78, 5) is 18.4. The molecule has 2 aromatic carbocycles. The number of nitrogens with zero attached hydrogens (tertiary/aromatic N) is 2. The van der Waals surface area contributed by atoms with E-state index in [1.807, 2.05) is 6.07 Å². The third-order valence-electron chi connectivity index (χ3n) is 4.11. The molecule has 0 aliphatic heterocycles. The third kappa shape index (κ3) is 5.96. The smallest absolute Gasteiger partial charge is 0.316 e. The van der Waals surface area contributed by atoms with Crippen molar-refractivity contribution in [2.24, 2.45) is 0 Å². The maximum absolute atomic E-state index is 12.9. The van der Waals surface area contributed by atoms with Gasteiger partial charge in [-0.15, -0.1) is 0 Å². The minimum atomic E-state index is -4.49. The Hall–Kier alpha value is -3.06. The summed E-state index contributed by atoms with van der Waals surface area (Å²) in [6.07, 6.45) is -1.23. The molecule has 0 spiro atoms. The van der Waals surface area contributed by atoms with E-state index in [1.54, 1.807) is 42.7 Å². The number of benzene rings is 2. The second-order valence-electron chi connectivity index (χ2n) is 6.35. The summed E-state index contributed by atoms with van der Waals surface area (Å²) in [6.45, 7) is 0.484. The van der Waals surface area contributed by atoms with E-state index in [4.69, 9.17) is 11.6 Å². The molecular weight excluding hydrogens is 403 g/mol. The standard InChI is InChI=1S/C21H17ClF3N3O/c22-18-8-6-15(7-9-18)13-28(14-16-3-2-10-26-12-16)20(29)27-19-5-1-4-17(11-19)21(23,24)25/h1-12H,13-14H2,(H,27,29). The number of amides is 2. The van der Waals surface area contributed by atoms with Crippen molar-refractivity contribution in [3.8, 4) is 0 Å². The summed E-state index contributed by atoms with van der Waals surface area (Å²) in [6, 6.07) is 14.6. The normalized spacial score (nSPS) is 11.2. The average molecular weight is 420 g/mol. The molecule has 0 bridgehead atoms. The Morgan fingerprint density at radius 3 is 2.38 bits per heavy atom. The molecule has 3 rings (SSSR count). The Morgan fingerprint density at radius 2 is 1.72 bits per heavy atom. The van der Waals surface area contributed by atoms with Crippen molar-refractivity contribution in [1.29, 1.82) is 0 Å². The average Bonchev–Trinajstić information content (AvgIpc) is 2.69. The van der Waals surface area contributed by atoms with Gasteiger partial charge in [0.2, 0.25) is 0 Å². The topological polar surface area (TPSA) is 45.2 Å². The monoisotopic (exact) mass is 419 g/mol. The van der Waals surface area contributed by atoms with Crippen LogP contribution in [0.25, 0.3) is 0 Å². The molecule has 29 heavy (non-hydrogen) atoms. The zero-order valence-electron chi connectivity index (χ0n) is 15.2. The molecule has 8 heteroatoms. The number of anilines is 1. The lowest BCUT2D eigenvalue weighted by Crippen LogP contribution is -2.34. The summed E-state index contributed by atoms with van der Waals surface area (Å²) < 4.78 is 38.8. The van der Waals surface area contributed by atoms with Crippen LogP contribution in [0.1, 0.15) is 16.7 Å². The largest absolute Gasteiger partial charge is 0.416 e. The molecule has 0 radical (unpaired) electrons. The highest BCUT2D eigenvalue weighted by molar-refractivity contribution is 6.30. The summed E-state index contributed by atoms with van der Waals surface area (Å²) in [7, 11) is 0. The van der Waals surface area contributed by atoms with Gasteiger partial charge < -0.3 is 10.2 Å². The minimum Gasteiger partial charge on any atom is -0.316 e. The van der Waals surface area contributed by atoms with Gasteiger partial charge in [-0.1, -0.05) is 35.9 Å². The first-order valence-corrected chi connectivity index (χ1v) is 9.05. The molecule has 1 aromatic heterocycles. The van der Waals surface area contributed by atoms with Gasteiger partial charge in [0.05, 0.1) is 5.56 Å². The van der Waals surface area contributed by atoms with Gasteiger partial charge in [0.15, 0.2) is 0 Å². The van der Waals surface area contributed by atoms with E-state index >= 15 is 0 Å². The van der Waals surface area contributed by atoms with Crippen LogP contribution in [-0.4, -0.2) is 15.9 Å². The highest BCUT2D eigenvalue weighted by atomic mass is 35.5. The van der Waals surface area contributed by atoms with Crippen LogP contribution in [0.4, 0.5) is 23.7 Å². The number of carbonyl (C=O) groups excluding carboxylic acids is 1. The number of pyridine rings is 1. The zero-order chi connectivity index (χ0) is 20.9. The van der Waals surface area contributed by atoms with Crippen LogP contribution in [0.2, 0.25) is 5.02 Å². The van der Waals surface area contributed by atoms with Crippen LogP contribution in [0.3, 0.4) is 0 Å². The van der Waals surface area contributed by atoms with E-state index in [0.29, 0.717) is 5.02 Å². The van der Waals surface area contributed by atoms with Crippen LogP contribution in [0.5, 0.6) is 0 Å². The van der Waals surface area contributed by atoms with Crippen LogP contribution >= 0.6 is 11.6 Å². The molecule has 0 saturated carbocycles. The SMILES string of the molecule is O=C(Nc1cccc(C(F)(F)F)c1)N(Cc1ccc(Cl)cc1)Cc1cccnc1. The van der Waals surface area contributed by atoms with Gasteiger partial charge in [-0.2, -0.15) is 13.2 Å². The zero-order valence-corrected chi connectivity index (χ0v) is 15.9. The molecule has 2 amide bonds. The van der Waals surface area contributed by atoms with Crippen molar-refractivity contribution in [3.63, 3.8) is 0 Å². The number of hydrogen-bond donors (Lipinski definition) is 1. The van der Waals surface area contributed by atoms with E-state index in [1.165, 1.54) is 17.0 Å². The van der Waals surface area contributed by atoms with E-state index in [2.05, 4.69) is 10.3 Å². The Balaban J connectivity index is 1.80. The minimum absolute atomic E-state index is 0.0668. The maximum Gasteiger partial charge on any atom is 0.416 e. The third-order valence-corrected chi connectivity index (χ3v) is 4.36. The van der Waals surface area contributed by atoms with Crippen molar-refractivity contribution >= 4 is 23.3 Å². The second-order valence-corrected chi connectivity index (χ2v) is 6.79. The van der Waals surface area contributed by atoms with E-state index in [-0.39, 0.29) is 18.8 Å². The summed E-state index contributed by atoms with van der Waals surface area (Å²) in [5, 5.41) is 3.12. The first-order valence-electron chi connectivity index (χ1n) is 8.68. The van der Waals surface area contributed by atoms with Gasteiger partial charge in [0, 0.05) is 36.2 Å². The Morgan fingerprint density at radius 1 is 1.00 bits per heavy atom. The number of hydrogen-bond acceptors (Lipinski definition) is 2. The molecule has 0 fully saturated rings. The maximum atomic E-state index is 12.9. The molecule has 1 N–H and O–H groups in total. The molecule has 0 unspecified atom stereocenters. The number of carbonyl (C=O) groups is 1. The predicted octanol–water partition coefficient (Wildman–Crippen LogP) is 5.99. The molecular formula is C21H17ClF3N3O. The Bertz CT molecular complexity index is 963. The summed E-state index contributed by atoms with van der Waals surface area (Å²) in [5.74, 6) is 0. The Labute approximate surface area is 170 Å². The highest BCUT2D eigenvalue weighted by Gasteiger charge is 2.30. The first-order chi connectivity index (χ1) is 13.8. The van der Waals surface area contributed by atoms with Crippen LogP contribution in [-0.2, 0) is 19.3 Å². The second kappa shape index (κ2) is 8.96. The van der Waals surface area contributed by atoms with Gasteiger partial charge in [0.25, 0.3) is 0 Å². The van der Waals surface area contributed by atoms with Crippen molar-refractivity contribution in [2.45, 2.75) is 19.3 Å². The van der Waals surface area contributed by atoms with Crippen molar-refractivity contribution in [3.05, 3.63) is 94.8 Å². The molecule has 0 aliphatic rings. The lowest BCUT2D eigenvalue weighted by Gasteiger charge is -2.23. The Kier molecular flexibility index (Phi) is 6.39. The molecule has 0 saturated heterocycles. The lowest BCUT2D eigenvalue weighted by molar-refractivity contribution is -0.137. The van der Waals surface area contributed by atoms with Gasteiger partial charge in [-0.05, 0) is 47.5 Å². The molecule has 4 nitrogen and oxygen atoms in total. The van der Waals surface area contributed by atoms with Crippen LogP contribution < -0.4 is 5.32 Å². The van der Waals surface area contributed by atoms with Gasteiger partial charge in [-0.3, -0.25) is 4.98 Å². The fourth-order valence-corrected chi connectivity index (χ4v) is 2.82. The van der Waals surface area contributed by atoms with E-state index in [9.17, 15) is 18.0 Å². The highest BCUT2D eigenvalue weighted by Crippen LogP contribution is 2.30. The van der Waals surface area contributed by atoms with E-state index < -0.39 is 17.8 Å². The van der Waals surface area contributed by atoms with Crippen LogP contribution in [0.15, 0.2) is 73.1 Å². The van der Waals surface area contributed by atoms with Gasteiger partial charge in [0.1, 0.15) is 0 Å². The predicted molar refractivity (Wildman–Crippen MR) is 105 cm³/mol. The lowest BCUT2D eigenvalue weighted by atomic mass is 10.2. The number of alkyl halides is 3. The van der Waals surface area contributed by atoms with Crippen molar-refractivity contribution in [1.82, 2.24) is 9.88 Å². The van der Waals surface area contributed by atoms with Crippen LogP contribution in [0, 0.1) is 0 Å². The quantitative estimate of drug-likeness (QED) is 0.552. The molecule has 0 atom stereocenters. The fraction of sp³-hybridized carbons (Fsp3) is 0.143. The van der Waals surface area contributed by atoms with E-state index in [0.717, 1.165) is 23.3 Å². The number of aromatic nitrogens is 1. The fourth-order valence-electron chi connectivity index (χ4n) is 2.70. The summed E-state index contributed by atoms with van der Waals surface area (Å²) >= 11 is 5.91. The first kappa shape index (κ1) is 20.7. The van der Waals surface area contributed by atoms with Gasteiger partial charge >= 0.3 is 12.2 Å². The van der Waals surface area contributed by atoms with Crippen molar-refractivity contribution in [2.75, 3.05) is 5.32 Å². The number of nitrogens with one attached hydrogen (secondary N) is 1. The molecule has 1 heterocycles. The number of rotatable bonds is 5. The molecule has 150 valence electrons. The molecule has 3 aromatic rings. The number of urea groups is 1. The molecule has 0 aliphatic carbocycles. The summed E-state index contributed by atoms with van der Waals surface area (Å²) in [5.41, 5.74) is 0.863. The van der Waals surface area contributed by atoms with Crippen molar-refractivity contribution < 1.29 is 18.0 Å². The number of halogens is 4. The van der Waals surface area contributed by atoms with Gasteiger partial charge in [-0.25, -0.2) is 4.79 Å².